The van der Waals surface area contributed by atoms with Gasteiger partial charge >= 0.3 is 110 Å². The Morgan fingerprint density at radius 2 is 1.62 bits per heavy atom. The Hall–Kier alpha value is -3.48. The molecule has 4 aromatic carbocycles. The number of nitrogens with zero attached hydrogens (tertiary/aromatic N) is 2. The van der Waals surface area contributed by atoms with E-state index in [2.05, 4.69) is 45.4 Å². The Kier molecular flexibility index (Phi) is 7.92. The van der Waals surface area contributed by atoms with Gasteiger partial charge in [-0.2, -0.15) is 11.3 Å². The molecule has 6 heteroatoms. The fourth-order valence-electron chi connectivity index (χ4n) is 4.93. The molecule has 3 heterocycles. The average molecular weight is 852 g/mol. The van der Waals surface area contributed by atoms with Gasteiger partial charge in [-0.3, -0.25) is 0 Å². The van der Waals surface area contributed by atoms with Gasteiger partial charge in [0.1, 0.15) is 5.82 Å². The number of aromatic nitrogens is 2. The first kappa shape index (κ1) is 25.7. The van der Waals surface area contributed by atoms with Gasteiger partial charge in [-0.25, -0.2) is 4.39 Å². The largest absolute Gasteiger partial charge is 0.304 e. The summed E-state index contributed by atoms with van der Waals surface area (Å²) >= 11 is -0.277. The summed E-state index contributed by atoms with van der Waals surface area (Å²) in [5, 5.41) is 1.79. The van der Waals surface area contributed by atoms with Crippen molar-refractivity contribution in [3.8, 4) is 33.6 Å². The monoisotopic (exact) mass is 853 g/mol. The SMILES string of the molecule is [2H]C([2H])([2H])c1c[c-]c(-c2cc[c]([Ge]([CH3])([CH3])[CH3])cn2)cc1.[2H]C([2H])([2H])c1cnc(-c2[c-]ccc3c2sc2ccc(F)cc23)cc1-c1ccccc1.[Ir]. The van der Waals surface area contributed by atoms with Gasteiger partial charge in [0.25, 0.3) is 0 Å². The fourth-order valence-corrected chi connectivity index (χ4v) is 8.29. The van der Waals surface area contributed by atoms with Crippen LogP contribution in [-0.4, -0.2) is 23.2 Å². The number of aryl methyl sites for hydroxylation is 2. The Morgan fingerprint density at radius 3 is 2.31 bits per heavy atom. The predicted molar refractivity (Wildman–Crippen MR) is 188 cm³/mol. The second kappa shape index (κ2) is 13.9. The summed E-state index contributed by atoms with van der Waals surface area (Å²) in [5.74, 6) is 6.71. The number of hydrogen-bond acceptors (Lipinski definition) is 3. The number of halogens is 1. The molecular weight excluding hydrogens is 812 g/mol. The Balaban J connectivity index is 0.000000211. The third kappa shape index (κ3) is 7.34. The number of hydrogen-bond donors (Lipinski definition) is 0. The topological polar surface area (TPSA) is 25.8 Å². The van der Waals surface area contributed by atoms with Gasteiger partial charge in [0, 0.05) is 35.1 Å². The maximum atomic E-state index is 13.8. The van der Waals surface area contributed by atoms with E-state index in [4.69, 9.17) is 8.22 Å². The summed E-state index contributed by atoms with van der Waals surface area (Å²) in [6.45, 7) is -4.35. The van der Waals surface area contributed by atoms with E-state index in [1.165, 1.54) is 22.7 Å². The summed E-state index contributed by atoms with van der Waals surface area (Å²) in [5.41, 5.74) is 5.04. The van der Waals surface area contributed by atoms with Crippen LogP contribution in [0.1, 0.15) is 19.4 Å². The van der Waals surface area contributed by atoms with Crippen molar-refractivity contribution in [2.45, 2.75) is 31.0 Å². The molecule has 0 atom stereocenters. The van der Waals surface area contributed by atoms with Gasteiger partial charge in [-0.1, -0.05) is 41.8 Å². The minimum atomic E-state index is -2.28. The van der Waals surface area contributed by atoms with Crippen molar-refractivity contribution in [3.05, 3.63) is 139 Å². The van der Waals surface area contributed by atoms with Crippen molar-refractivity contribution < 1.29 is 32.7 Å². The van der Waals surface area contributed by atoms with Gasteiger partial charge < -0.3 is 4.98 Å². The van der Waals surface area contributed by atoms with Crippen molar-refractivity contribution in [1.29, 1.82) is 0 Å². The van der Waals surface area contributed by atoms with Gasteiger partial charge in [-0.15, -0.1) is 23.8 Å². The van der Waals surface area contributed by atoms with E-state index in [1.807, 2.05) is 54.7 Å². The zero-order chi connectivity index (χ0) is 35.8. The standard InChI is InChI=1S/C24H15FNS.C15H18GeN.Ir/c1-15-14-26-22(13-20(15)16-6-3-2-4-7-16)19-9-5-8-18-21-12-17(25)10-11-23(21)27-24(18)19;1-12-5-7-13(8-6-12)15-10-9-14(11-17-15)16(2,3)4;/h2-8,10-14H,1H3;5-7,9-11H,1-4H3;/q2*-1;/i2*1D3;. The maximum Gasteiger partial charge on any atom is 0.123 e. The Morgan fingerprint density at radius 1 is 0.800 bits per heavy atom. The van der Waals surface area contributed by atoms with Gasteiger partial charge in [0.15, 0.2) is 0 Å². The molecule has 3 aromatic heterocycles. The van der Waals surface area contributed by atoms with Crippen LogP contribution in [0.5, 0.6) is 0 Å². The molecule has 0 amide bonds. The molecule has 227 valence electrons. The van der Waals surface area contributed by atoms with Crippen LogP contribution in [0.15, 0.2) is 109 Å². The first-order valence-corrected chi connectivity index (χ1v) is 22.3. The first-order chi connectivity index (χ1) is 23.6. The van der Waals surface area contributed by atoms with Crippen LogP contribution in [-0.2, 0) is 20.1 Å². The zero-order valence-corrected chi connectivity index (χ0v) is 30.2. The molecule has 7 rings (SSSR count). The smallest absolute Gasteiger partial charge is 0.123 e. The Bertz CT molecular complexity index is 2230. The van der Waals surface area contributed by atoms with Crippen LogP contribution in [0.3, 0.4) is 0 Å². The summed E-state index contributed by atoms with van der Waals surface area (Å²) in [4.78, 5) is 8.96. The number of pyridine rings is 2. The second-order valence-electron chi connectivity index (χ2n) is 11.5. The van der Waals surface area contributed by atoms with Crippen LogP contribution in [0.25, 0.3) is 53.8 Å². The van der Waals surface area contributed by atoms with Gasteiger partial charge in [0.05, 0.1) is 0 Å². The number of rotatable bonds is 4. The third-order valence-corrected chi connectivity index (χ3v) is 12.8. The van der Waals surface area contributed by atoms with E-state index in [-0.39, 0.29) is 31.5 Å². The molecule has 0 saturated heterocycles. The normalized spacial score (nSPS) is 13.7. The minimum absolute atomic E-state index is 0. The summed E-state index contributed by atoms with van der Waals surface area (Å²) < 4.78 is 62.9. The van der Waals surface area contributed by atoms with Crippen molar-refractivity contribution in [3.63, 3.8) is 0 Å². The van der Waals surface area contributed by atoms with E-state index >= 15 is 0 Å². The molecule has 0 bridgehead atoms. The molecule has 0 aliphatic heterocycles. The molecule has 7 aromatic rings. The molecule has 1 radical (unpaired) electrons. The molecule has 0 aliphatic rings. The Labute approximate surface area is 293 Å². The van der Waals surface area contributed by atoms with Crippen molar-refractivity contribution in [2.24, 2.45) is 0 Å². The number of thiophene rings is 1. The van der Waals surface area contributed by atoms with E-state index in [9.17, 15) is 4.39 Å². The van der Waals surface area contributed by atoms with Gasteiger partial charge in [0.2, 0.25) is 0 Å². The van der Waals surface area contributed by atoms with Gasteiger partial charge in [-0.05, 0) is 57.5 Å². The summed E-state index contributed by atoms with van der Waals surface area (Å²) in [7, 11) is 0. The summed E-state index contributed by atoms with van der Waals surface area (Å²) in [6.07, 6.45) is 3.38. The quantitative estimate of drug-likeness (QED) is 0.130. The molecule has 0 aliphatic carbocycles. The molecule has 0 fully saturated rings. The number of benzene rings is 4. The first-order valence-electron chi connectivity index (χ1n) is 17.2. The maximum absolute atomic E-state index is 13.8. The molecule has 2 nitrogen and oxygen atoms in total. The van der Waals surface area contributed by atoms with E-state index < -0.39 is 27.0 Å². The predicted octanol–water partition coefficient (Wildman–Crippen LogP) is 10.4. The molecule has 0 N–H and O–H groups in total. The van der Waals surface area contributed by atoms with Crippen LogP contribution in [0.2, 0.25) is 17.3 Å². The second-order valence-corrected chi connectivity index (χ2v) is 23.2. The molecule has 45 heavy (non-hydrogen) atoms. The van der Waals surface area contributed by atoms with Crippen molar-refractivity contribution >= 4 is 49.2 Å². The minimum Gasteiger partial charge on any atom is -0.304 e. The van der Waals surface area contributed by atoms with Crippen LogP contribution >= 0.6 is 11.3 Å². The van der Waals surface area contributed by atoms with E-state index in [1.54, 1.807) is 41.7 Å². The molecular formula is C39H33FGeIrN2S-2. The third-order valence-electron chi connectivity index (χ3n) is 7.36. The fraction of sp³-hybridized carbons (Fsp3) is 0.128. The van der Waals surface area contributed by atoms with Crippen LogP contribution < -0.4 is 4.40 Å². The van der Waals surface area contributed by atoms with Crippen LogP contribution in [0.4, 0.5) is 4.39 Å². The van der Waals surface area contributed by atoms with Crippen molar-refractivity contribution in [2.75, 3.05) is 0 Å². The summed E-state index contributed by atoms with van der Waals surface area (Å²) in [6, 6.07) is 35.1. The molecule has 0 unspecified atom stereocenters. The van der Waals surface area contributed by atoms with Crippen LogP contribution in [0, 0.1) is 31.7 Å². The van der Waals surface area contributed by atoms with Crippen molar-refractivity contribution in [1.82, 2.24) is 9.97 Å². The van der Waals surface area contributed by atoms with E-state index in [0.29, 0.717) is 16.8 Å². The average Bonchev–Trinajstić information content (AvgIpc) is 3.46. The molecule has 0 spiro atoms. The van der Waals surface area contributed by atoms with E-state index in [0.717, 1.165) is 42.6 Å². The zero-order valence-electron chi connectivity index (χ0n) is 30.9. The number of fused-ring (bicyclic) bond motifs is 3. The molecule has 0 saturated carbocycles.